The van der Waals surface area contributed by atoms with Gasteiger partial charge in [-0.1, -0.05) is 30.3 Å². The number of para-hydroxylation sites is 1. The van der Waals surface area contributed by atoms with Gasteiger partial charge in [0.15, 0.2) is 0 Å². The molecular formula is C24H29NO7S. The Morgan fingerprint density at radius 1 is 1.12 bits per heavy atom. The van der Waals surface area contributed by atoms with Crippen molar-refractivity contribution >= 4 is 27.7 Å². The van der Waals surface area contributed by atoms with Gasteiger partial charge in [-0.3, -0.25) is 13.8 Å². The van der Waals surface area contributed by atoms with Crippen LogP contribution in [0.15, 0.2) is 48.5 Å². The van der Waals surface area contributed by atoms with E-state index in [9.17, 15) is 18.0 Å². The van der Waals surface area contributed by atoms with Gasteiger partial charge in [-0.05, 0) is 49.1 Å². The van der Waals surface area contributed by atoms with Crippen molar-refractivity contribution in [2.45, 2.75) is 38.1 Å². The molecule has 0 aromatic heterocycles. The average molecular weight is 476 g/mol. The van der Waals surface area contributed by atoms with Gasteiger partial charge in [0.2, 0.25) is 5.91 Å². The van der Waals surface area contributed by atoms with Crippen molar-refractivity contribution in [1.82, 2.24) is 0 Å². The highest BCUT2D eigenvalue weighted by molar-refractivity contribution is 7.85. The molecule has 33 heavy (non-hydrogen) atoms. The first-order chi connectivity index (χ1) is 15.7. The van der Waals surface area contributed by atoms with E-state index in [0.717, 1.165) is 11.8 Å². The number of fused-ring (bicyclic) bond motifs is 1. The van der Waals surface area contributed by atoms with Crippen LogP contribution in [0.4, 0.5) is 5.69 Å². The van der Waals surface area contributed by atoms with Crippen molar-refractivity contribution < 1.29 is 31.7 Å². The smallest absolute Gasteiger partial charge is 0.316 e. The summed E-state index contributed by atoms with van der Waals surface area (Å²) >= 11 is 0. The fourth-order valence-electron chi connectivity index (χ4n) is 4.14. The summed E-state index contributed by atoms with van der Waals surface area (Å²) in [6.07, 6.45) is 1.32. The van der Waals surface area contributed by atoms with Crippen LogP contribution in [-0.2, 0) is 40.6 Å². The number of benzene rings is 2. The van der Waals surface area contributed by atoms with E-state index in [1.165, 1.54) is 0 Å². The maximum atomic E-state index is 13.3. The van der Waals surface area contributed by atoms with Crippen molar-refractivity contribution in [3.05, 3.63) is 59.7 Å². The Balaban J connectivity index is 2.04. The van der Waals surface area contributed by atoms with Crippen LogP contribution in [0.5, 0.6) is 5.75 Å². The summed E-state index contributed by atoms with van der Waals surface area (Å²) < 4.78 is 38.6. The molecule has 3 rings (SSSR count). The molecule has 0 saturated heterocycles. The van der Waals surface area contributed by atoms with Crippen molar-refractivity contribution in [2.24, 2.45) is 0 Å². The maximum absolute atomic E-state index is 13.3. The van der Waals surface area contributed by atoms with Crippen LogP contribution >= 0.6 is 0 Å². The molecule has 1 amide bonds. The minimum atomic E-state index is -3.68. The molecule has 9 heteroatoms. The van der Waals surface area contributed by atoms with Gasteiger partial charge in [0, 0.05) is 12.1 Å². The monoisotopic (exact) mass is 475 g/mol. The Bertz CT molecular complexity index is 1100. The van der Waals surface area contributed by atoms with E-state index in [1.54, 1.807) is 43.2 Å². The van der Waals surface area contributed by atoms with Crippen molar-refractivity contribution in [3.63, 3.8) is 0 Å². The van der Waals surface area contributed by atoms with E-state index in [1.807, 2.05) is 24.3 Å². The minimum absolute atomic E-state index is 0.0690. The highest BCUT2D eigenvalue weighted by Gasteiger charge is 2.46. The number of amides is 1. The number of esters is 1. The number of carbonyl (C=O) groups is 2. The molecule has 0 aliphatic carbocycles. The second-order valence-electron chi connectivity index (χ2n) is 7.92. The third-order valence-electron chi connectivity index (χ3n) is 5.77. The normalized spacial score (nSPS) is 18.4. The second-order valence-corrected chi connectivity index (χ2v) is 9.57. The molecule has 0 N–H and O–H groups in total. The highest BCUT2D eigenvalue weighted by Crippen LogP contribution is 2.43. The first-order valence-corrected chi connectivity index (χ1v) is 12.6. The lowest BCUT2D eigenvalue weighted by Gasteiger charge is -2.32. The summed E-state index contributed by atoms with van der Waals surface area (Å²) in [6, 6.07) is 14.6. The van der Waals surface area contributed by atoms with Gasteiger partial charge < -0.3 is 14.4 Å². The molecule has 1 unspecified atom stereocenters. The number of hydrogen-bond donors (Lipinski definition) is 0. The van der Waals surface area contributed by atoms with E-state index in [2.05, 4.69) is 0 Å². The van der Waals surface area contributed by atoms with Gasteiger partial charge >= 0.3 is 5.97 Å². The van der Waals surface area contributed by atoms with E-state index in [0.29, 0.717) is 23.5 Å². The lowest BCUT2D eigenvalue weighted by atomic mass is 9.74. The average Bonchev–Trinajstić information content (AvgIpc) is 2.90. The Labute approximate surface area is 194 Å². The number of ether oxygens (including phenoxy) is 2. The van der Waals surface area contributed by atoms with Crippen LogP contribution < -0.4 is 9.64 Å². The van der Waals surface area contributed by atoms with Crippen LogP contribution in [0.1, 0.15) is 37.3 Å². The first kappa shape index (κ1) is 24.7. The summed E-state index contributed by atoms with van der Waals surface area (Å²) in [6.45, 7) is 2.00. The van der Waals surface area contributed by atoms with Gasteiger partial charge in [-0.2, -0.15) is 8.42 Å². The third-order valence-corrected chi connectivity index (χ3v) is 6.36. The number of methoxy groups -OCH3 is 1. The maximum Gasteiger partial charge on any atom is 0.316 e. The van der Waals surface area contributed by atoms with Crippen LogP contribution in [-0.4, -0.2) is 46.9 Å². The topological polar surface area (TPSA) is 99.2 Å². The molecule has 2 aromatic carbocycles. The highest BCUT2D eigenvalue weighted by atomic mass is 32.2. The Morgan fingerprint density at radius 2 is 1.82 bits per heavy atom. The lowest BCUT2D eigenvalue weighted by molar-refractivity contribution is -0.151. The van der Waals surface area contributed by atoms with E-state index in [-0.39, 0.29) is 38.4 Å². The van der Waals surface area contributed by atoms with E-state index >= 15 is 0 Å². The molecule has 0 spiro atoms. The molecule has 178 valence electrons. The zero-order valence-electron chi connectivity index (χ0n) is 19.1. The number of anilines is 1. The van der Waals surface area contributed by atoms with Crippen LogP contribution in [0.2, 0.25) is 0 Å². The molecule has 0 radical (unpaired) electrons. The summed E-state index contributed by atoms with van der Waals surface area (Å²) in [4.78, 5) is 28.2. The number of nitrogens with zero attached hydrogens (tertiary/aromatic N) is 1. The standard InChI is InChI=1S/C24H29NO7S/c1-4-31-23(27)24(15-16-32-33(3,28)29)14-13-22(26)25(21-8-6-5-7-20(21)24)17-18-9-11-19(30-2)12-10-18/h5-12H,4,13-17H2,1-3H3. The zero-order valence-corrected chi connectivity index (χ0v) is 19.9. The van der Waals surface area contributed by atoms with Crippen LogP contribution in [0.25, 0.3) is 0 Å². The fraction of sp³-hybridized carbons (Fsp3) is 0.417. The SMILES string of the molecule is CCOC(=O)C1(CCOS(C)(=O)=O)CCC(=O)N(Cc2ccc(OC)cc2)c2ccccc21. The molecule has 0 saturated carbocycles. The molecule has 2 aromatic rings. The first-order valence-electron chi connectivity index (χ1n) is 10.7. The van der Waals surface area contributed by atoms with Crippen molar-refractivity contribution in [1.29, 1.82) is 0 Å². The molecule has 1 atom stereocenters. The van der Waals surface area contributed by atoms with Gasteiger partial charge in [0.05, 0.1) is 38.5 Å². The Morgan fingerprint density at radius 3 is 2.45 bits per heavy atom. The minimum Gasteiger partial charge on any atom is -0.497 e. The van der Waals surface area contributed by atoms with Gasteiger partial charge in [-0.25, -0.2) is 0 Å². The number of carbonyl (C=O) groups excluding carboxylic acids is 2. The summed E-state index contributed by atoms with van der Waals surface area (Å²) in [5.41, 5.74) is 0.924. The fourth-order valence-corrected chi connectivity index (χ4v) is 4.52. The van der Waals surface area contributed by atoms with Gasteiger partial charge in [-0.15, -0.1) is 0 Å². The van der Waals surface area contributed by atoms with Gasteiger partial charge in [0.1, 0.15) is 5.75 Å². The summed E-state index contributed by atoms with van der Waals surface area (Å²) in [5, 5.41) is 0. The van der Waals surface area contributed by atoms with Crippen molar-refractivity contribution in [3.8, 4) is 5.75 Å². The molecule has 1 aliphatic heterocycles. The Kier molecular flexibility index (Phi) is 7.76. The molecule has 1 heterocycles. The van der Waals surface area contributed by atoms with E-state index < -0.39 is 21.5 Å². The predicted octanol–water partition coefficient (Wildman–Crippen LogP) is 3.19. The molecular weight excluding hydrogens is 446 g/mol. The molecule has 0 fully saturated rings. The van der Waals surface area contributed by atoms with Crippen LogP contribution in [0.3, 0.4) is 0 Å². The third kappa shape index (κ3) is 5.72. The largest absolute Gasteiger partial charge is 0.497 e. The van der Waals surface area contributed by atoms with Crippen molar-refractivity contribution in [2.75, 3.05) is 31.5 Å². The molecule has 8 nitrogen and oxygen atoms in total. The second kappa shape index (κ2) is 10.4. The van der Waals surface area contributed by atoms with E-state index in [4.69, 9.17) is 13.7 Å². The molecule has 0 bridgehead atoms. The lowest BCUT2D eigenvalue weighted by Crippen LogP contribution is -2.39. The van der Waals surface area contributed by atoms with Crippen LogP contribution in [0, 0.1) is 0 Å². The van der Waals surface area contributed by atoms with Gasteiger partial charge in [0.25, 0.3) is 10.1 Å². The predicted molar refractivity (Wildman–Crippen MR) is 124 cm³/mol. The number of rotatable bonds is 9. The molecule has 1 aliphatic rings. The summed E-state index contributed by atoms with van der Waals surface area (Å²) in [5.74, 6) is 0.0932. The zero-order chi connectivity index (χ0) is 24.1. The quantitative estimate of drug-likeness (QED) is 0.406. The number of hydrogen-bond acceptors (Lipinski definition) is 7. The summed E-state index contributed by atoms with van der Waals surface area (Å²) in [7, 11) is -2.09. The Hall–Kier alpha value is -2.91.